The van der Waals surface area contributed by atoms with E-state index < -0.39 is 0 Å². The van der Waals surface area contributed by atoms with Crippen molar-refractivity contribution < 1.29 is 19.0 Å². The summed E-state index contributed by atoms with van der Waals surface area (Å²) in [6.07, 6.45) is 0. The molecule has 1 amide bonds. The van der Waals surface area contributed by atoms with Crippen LogP contribution in [0.25, 0.3) is 21.0 Å². The first-order valence-electron chi connectivity index (χ1n) is 10.1. The van der Waals surface area contributed by atoms with E-state index in [1.54, 1.807) is 32.4 Å². The number of amides is 1. The first-order valence-corrected chi connectivity index (χ1v) is 10.9. The predicted octanol–water partition coefficient (Wildman–Crippen LogP) is 4.65. The van der Waals surface area contributed by atoms with Crippen LogP contribution in [0.3, 0.4) is 0 Å². The first-order chi connectivity index (χ1) is 15.1. The van der Waals surface area contributed by atoms with Crippen LogP contribution < -0.4 is 14.3 Å². The Labute approximate surface area is 184 Å². The number of thiazole rings is 1. The van der Waals surface area contributed by atoms with Gasteiger partial charge in [-0.15, -0.1) is 0 Å². The fraction of sp³-hybridized carbons (Fsp3) is 0.250. The van der Waals surface area contributed by atoms with Crippen LogP contribution in [-0.4, -0.2) is 37.9 Å². The van der Waals surface area contributed by atoms with Gasteiger partial charge in [-0.1, -0.05) is 41.7 Å². The SMILES string of the molecule is CCOCCn1c(=NC(=O)c2cc(OC)cc(OC)c2)sc2c3ccccc3ccc21. The number of ether oxygens (including phenoxy) is 3. The Morgan fingerprint density at radius 2 is 1.77 bits per heavy atom. The molecule has 0 saturated carbocycles. The minimum atomic E-state index is -0.349. The molecule has 1 heterocycles. The number of methoxy groups -OCH3 is 2. The third kappa shape index (κ3) is 4.33. The molecular formula is C24H24N2O4S. The number of carbonyl (C=O) groups is 1. The van der Waals surface area contributed by atoms with Crippen molar-refractivity contribution in [2.45, 2.75) is 13.5 Å². The van der Waals surface area contributed by atoms with Crippen molar-refractivity contribution in [1.82, 2.24) is 4.57 Å². The van der Waals surface area contributed by atoms with E-state index in [0.29, 0.717) is 41.6 Å². The minimum Gasteiger partial charge on any atom is -0.497 e. The molecule has 0 aliphatic carbocycles. The van der Waals surface area contributed by atoms with Crippen molar-refractivity contribution in [3.8, 4) is 11.5 Å². The maximum atomic E-state index is 13.1. The lowest BCUT2D eigenvalue weighted by molar-refractivity contribution is 0.0996. The lowest BCUT2D eigenvalue weighted by atomic mass is 10.1. The van der Waals surface area contributed by atoms with E-state index in [4.69, 9.17) is 14.2 Å². The molecule has 3 aromatic carbocycles. The summed E-state index contributed by atoms with van der Waals surface area (Å²) in [6.45, 7) is 3.76. The van der Waals surface area contributed by atoms with Gasteiger partial charge in [0.15, 0.2) is 4.80 Å². The number of nitrogens with zero attached hydrogens (tertiary/aromatic N) is 2. The molecule has 0 radical (unpaired) electrons. The monoisotopic (exact) mass is 436 g/mol. The molecule has 1 aromatic heterocycles. The molecule has 160 valence electrons. The van der Waals surface area contributed by atoms with Gasteiger partial charge in [-0.3, -0.25) is 4.79 Å². The largest absolute Gasteiger partial charge is 0.497 e. The van der Waals surface area contributed by atoms with Crippen molar-refractivity contribution in [2.24, 2.45) is 4.99 Å². The van der Waals surface area contributed by atoms with Crippen molar-refractivity contribution >= 4 is 38.2 Å². The Morgan fingerprint density at radius 1 is 1.03 bits per heavy atom. The molecular weight excluding hydrogens is 412 g/mol. The summed E-state index contributed by atoms with van der Waals surface area (Å²) in [4.78, 5) is 18.2. The second-order valence-corrected chi connectivity index (χ2v) is 7.86. The number of carbonyl (C=O) groups excluding carboxylic acids is 1. The minimum absolute atomic E-state index is 0.349. The van der Waals surface area contributed by atoms with Gasteiger partial charge in [0.25, 0.3) is 5.91 Å². The van der Waals surface area contributed by atoms with Crippen LogP contribution in [0.1, 0.15) is 17.3 Å². The van der Waals surface area contributed by atoms with Gasteiger partial charge in [0.05, 0.1) is 31.0 Å². The third-order valence-corrected chi connectivity index (χ3v) is 6.16. The lowest BCUT2D eigenvalue weighted by Crippen LogP contribution is -2.19. The van der Waals surface area contributed by atoms with Crippen LogP contribution in [0.5, 0.6) is 11.5 Å². The molecule has 0 unspecified atom stereocenters. The van der Waals surface area contributed by atoms with E-state index in [1.165, 1.54) is 11.3 Å². The zero-order valence-corrected chi connectivity index (χ0v) is 18.6. The second-order valence-electron chi connectivity index (χ2n) is 6.89. The van der Waals surface area contributed by atoms with Gasteiger partial charge in [-0.05, 0) is 30.5 Å². The summed E-state index contributed by atoms with van der Waals surface area (Å²) >= 11 is 1.51. The molecule has 0 saturated heterocycles. The van der Waals surface area contributed by atoms with Gasteiger partial charge in [0.2, 0.25) is 0 Å². The second kappa shape index (κ2) is 9.32. The Balaban J connectivity index is 1.87. The van der Waals surface area contributed by atoms with Crippen LogP contribution in [0.15, 0.2) is 59.6 Å². The van der Waals surface area contributed by atoms with E-state index in [1.807, 2.05) is 19.1 Å². The van der Waals surface area contributed by atoms with Gasteiger partial charge < -0.3 is 18.8 Å². The molecule has 0 aliphatic heterocycles. The van der Waals surface area contributed by atoms with Crippen LogP contribution in [-0.2, 0) is 11.3 Å². The third-order valence-electron chi connectivity index (χ3n) is 5.03. The summed E-state index contributed by atoms with van der Waals surface area (Å²) < 4.78 is 19.3. The van der Waals surface area contributed by atoms with E-state index in [9.17, 15) is 4.79 Å². The quantitative estimate of drug-likeness (QED) is 0.396. The maximum absolute atomic E-state index is 13.1. The lowest BCUT2D eigenvalue weighted by Gasteiger charge is -2.07. The normalized spacial score (nSPS) is 11.9. The Hall–Kier alpha value is -3.16. The number of fused-ring (bicyclic) bond motifs is 3. The predicted molar refractivity (Wildman–Crippen MR) is 123 cm³/mol. The molecule has 0 fully saturated rings. The summed E-state index contributed by atoms with van der Waals surface area (Å²) in [5.41, 5.74) is 1.45. The topological polar surface area (TPSA) is 62.1 Å². The van der Waals surface area contributed by atoms with E-state index >= 15 is 0 Å². The van der Waals surface area contributed by atoms with E-state index in [2.05, 4.69) is 33.8 Å². The standard InChI is InChI=1S/C24H24N2O4S/c1-4-30-12-11-26-21-10-9-16-7-5-6-8-20(16)22(21)31-24(26)25-23(27)17-13-18(28-2)15-19(14-17)29-3/h5-10,13-15H,4,11-12H2,1-3H3. The maximum Gasteiger partial charge on any atom is 0.279 e. The van der Waals surface area contributed by atoms with Gasteiger partial charge in [-0.25, -0.2) is 0 Å². The van der Waals surface area contributed by atoms with Crippen LogP contribution in [0.2, 0.25) is 0 Å². The summed E-state index contributed by atoms with van der Waals surface area (Å²) in [6, 6.07) is 17.5. The molecule has 31 heavy (non-hydrogen) atoms. The average Bonchev–Trinajstić information content (AvgIpc) is 3.16. The highest BCUT2D eigenvalue weighted by atomic mass is 32.1. The Kier molecular flexibility index (Phi) is 6.34. The average molecular weight is 437 g/mol. The number of hydrogen-bond acceptors (Lipinski definition) is 5. The molecule has 0 aliphatic rings. The van der Waals surface area contributed by atoms with E-state index in [0.717, 1.165) is 21.0 Å². The molecule has 4 rings (SSSR count). The van der Waals surface area contributed by atoms with Crippen molar-refractivity contribution in [3.63, 3.8) is 0 Å². The molecule has 0 atom stereocenters. The van der Waals surface area contributed by atoms with Crippen molar-refractivity contribution in [3.05, 3.63) is 65.0 Å². The fourth-order valence-corrected chi connectivity index (χ4v) is 4.67. The molecule has 4 aromatic rings. The molecule has 0 N–H and O–H groups in total. The van der Waals surface area contributed by atoms with Gasteiger partial charge >= 0.3 is 0 Å². The number of rotatable bonds is 7. The van der Waals surface area contributed by atoms with Crippen LogP contribution in [0, 0.1) is 0 Å². The fourth-order valence-electron chi connectivity index (χ4n) is 3.48. The van der Waals surface area contributed by atoms with Gasteiger partial charge in [-0.2, -0.15) is 4.99 Å². The highest BCUT2D eigenvalue weighted by Gasteiger charge is 2.13. The van der Waals surface area contributed by atoms with E-state index in [-0.39, 0.29) is 5.91 Å². The molecule has 6 nitrogen and oxygen atoms in total. The Bertz CT molecular complexity index is 1280. The molecule has 7 heteroatoms. The Morgan fingerprint density at radius 3 is 2.48 bits per heavy atom. The van der Waals surface area contributed by atoms with Gasteiger partial charge in [0.1, 0.15) is 11.5 Å². The molecule has 0 bridgehead atoms. The van der Waals surface area contributed by atoms with Crippen molar-refractivity contribution in [1.29, 1.82) is 0 Å². The van der Waals surface area contributed by atoms with Gasteiger partial charge in [0, 0.05) is 30.2 Å². The van der Waals surface area contributed by atoms with Crippen LogP contribution in [0.4, 0.5) is 0 Å². The highest BCUT2D eigenvalue weighted by molar-refractivity contribution is 7.17. The summed E-state index contributed by atoms with van der Waals surface area (Å²) in [5, 5.41) is 2.30. The first kappa shape index (κ1) is 21.1. The summed E-state index contributed by atoms with van der Waals surface area (Å²) in [5.74, 6) is 0.743. The zero-order valence-electron chi connectivity index (χ0n) is 17.8. The smallest absolute Gasteiger partial charge is 0.279 e. The summed E-state index contributed by atoms with van der Waals surface area (Å²) in [7, 11) is 3.11. The highest BCUT2D eigenvalue weighted by Crippen LogP contribution is 2.28. The number of hydrogen-bond donors (Lipinski definition) is 0. The number of aromatic nitrogens is 1. The van der Waals surface area contributed by atoms with Crippen molar-refractivity contribution in [2.75, 3.05) is 27.4 Å². The number of benzene rings is 3. The van der Waals surface area contributed by atoms with Crippen LogP contribution >= 0.6 is 11.3 Å². The zero-order chi connectivity index (χ0) is 21.8. The molecule has 0 spiro atoms.